The maximum absolute atomic E-state index is 11.1. The molecule has 0 aliphatic carbocycles. The van der Waals surface area contributed by atoms with Crippen molar-refractivity contribution in [3.05, 3.63) is 77.9 Å². The van der Waals surface area contributed by atoms with E-state index in [1.807, 2.05) is 42.5 Å². The largest absolute Gasteiger partial charge is 0.491 e. The van der Waals surface area contributed by atoms with Gasteiger partial charge >= 0.3 is 5.97 Å². The molecule has 2 aliphatic heterocycles. The van der Waals surface area contributed by atoms with E-state index < -0.39 is 12.1 Å². The lowest BCUT2D eigenvalue weighted by Gasteiger charge is -2.29. The summed E-state index contributed by atoms with van der Waals surface area (Å²) >= 11 is 0. The minimum Gasteiger partial charge on any atom is -0.491 e. The molecule has 0 amide bonds. The Labute approximate surface area is 234 Å². The average Bonchev–Trinajstić information content (AvgIpc) is 2.96. The standard InChI is InChI=1S/C30H34N2O6.ClH/c33-26(20-37-27-3-1-2-25(17-27)32-12-14-36-15-13-32)18-31-19-28-10-8-24-16-23(9-11-29(24)38-28)21-4-6-22(7-5-21)30(34)35;/h1-7,9,11,16-17,26,28,31,33H,8,10,12-15,18-20H2,(H,34,35);1H/t26-,28+;/m0./s1. The maximum atomic E-state index is 11.1. The molecule has 2 aliphatic rings. The molecule has 3 N–H and O–H groups in total. The van der Waals surface area contributed by atoms with Gasteiger partial charge in [-0.2, -0.15) is 0 Å². The number of hydrogen-bond acceptors (Lipinski definition) is 7. The number of morpholine rings is 1. The third-order valence-corrected chi connectivity index (χ3v) is 6.94. The quantitative estimate of drug-likeness (QED) is 0.345. The molecule has 0 bridgehead atoms. The number of aryl methyl sites for hydroxylation is 1. The summed E-state index contributed by atoms with van der Waals surface area (Å²) in [6.45, 7) is 4.47. The van der Waals surface area contributed by atoms with E-state index in [0.717, 1.165) is 73.0 Å². The number of aliphatic hydroxyl groups excluding tert-OH is 1. The number of ether oxygens (including phenoxy) is 3. The van der Waals surface area contributed by atoms with Crippen molar-refractivity contribution < 1.29 is 29.2 Å². The van der Waals surface area contributed by atoms with Gasteiger partial charge in [0.1, 0.15) is 30.3 Å². The number of benzene rings is 3. The number of aliphatic hydroxyl groups is 1. The first-order valence-corrected chi connectivity index (χ1v) is 13.1. The average molecular weight is 555 g/mol. The number of halogens is 1. The Morgan fingerprint density at radius 2 is 1.82 bits per heavy atom. The molecule has 2 heterocycles. The lowest BCUT2D eigenvalue weighted by molar-refractivity contribution is 0.0697. The van der Waals surface area contributed by atoms with Crippen LogP contribution in [0.2, 0.25) is 0 Å². The van der Waals surface area contributed by atoms with Gasteiger partial charge in [-0.3, -0.25) is 0 Å². The lowest BCUT2D eigenvalue weighted by Crippen LogP contribution is -2.39. The Hall–Kier alpha value is -3.30. The van der Waals surface area contributed by atoms with Gasteiger partial charge in [0.05, 0.1) is 18.8 Å². The third kappa shape index (κ3) is 7.64. The van der Waals surface area contributed by atoms with Crippen molar-refractivity contribution in [2.45, 2.75) is 25.0 Å². The fourth-order valence-corrected chi connectivity index (χ4v) is 4.83. The van der Waals surface area contributed by atoms with Crippen LogP contribution in [0.4, 0.5) is 5.69 Å². The predicted molar refractivity (Wildman–Crippen MR) is 153 cm³/mol. The Balaban J connectivity index is 0.00000353. The highest BCUT2D eigenvalue weighted by atomic mass is 35.5. The number of nitrogens with zero attached hydrogens (tertiary/aromatic N) is 1. The van der Waals surface area contributed by atoms with Crippen LogP contribution in [0.3, 0.4) is 0 Å². The Morgan fingerprint density at radius 3 is 2.59 bits per heavy atom. The van der Waals surface area contributed by atoms with Crippen molar-refractivity contribution in [1.29, 1.82) is 0 Å². The summed E-state index contributed by atoms with van der Waals surface area (Å²) in [6.07, 6.45) is 1.17. The van der Waals surface area contributed by atoms with Crippen molar-refractivity contribution in [1.82, 2.24) is 5.32 Å². The molecule has 0 unspecified atom stereocenters. The first-order valence-electron chi connectivity index (χ1n) is 13.1. The summed E-state index contributed by atoms with van der Waals surface area (Å²) in [4.78, 5) is 13.4. The molecule has 9 heteroatoms. The van der Waals surface area contributed by atoms with E-state index in [1.54, 1.807) is 12.1 Å². The fourth-order valence-electron chi connectivity index (χ4n) is 4.83. The number of carboxylic acids is 1. The second-order valence-corrected chi connectivity index (χ2v) is 9.70. The van der Waals surface area contributed by atoms with Crippen LogP contribution in [0.1, 0.15) is 22.3 Å². The zero-order chi connectivity index (χ0) is 26.3. The van der Waals surface area contributed by atoms with E-state index in [2.05, 4.69) is 22.3 Å². The van der Waals surface area contributed by atoms with Gasteiger partial charge in [0.2, 0.25) is 0 Å². The number of carboxylic acid groups (broad SMARTS) is 1. The summed E-state index contributed by atoms with van der Waals surface area (Å²) in [5.41, 5.74) is 4.55. The van der Waals surface area contributed by atoms with E-state index in [4.69, 9.17) is 19.3 Å². The number of carbonyl (C=O) groups is 1. The van der Waals surface area contributed by atoms with Gasteiger partial charge in [0.25, 0.3) is 0 Å². The summed E-state index contributed by atoms with van der Waals surface area (Å²) in [7, 11) is 0. The van der Waals surface area contributed by atoms with Crippen LogP contribution in [0.25, 0.3) is 11.1 Å². The second kappa shape index (κ2) is 13.7. The molecule has 1 saturated heterocycles. The highest BCUT2D eigenvalue weighted by Gasteiger charge is 2.20. The Kier molecular flexibility index (Phi) is 10.1. The topological polar surface area (TPSA) is 100 Å². The van der Waals surface area contributed by atoms with Gasteiger partial charge in [-0.15, -0.1) is 12.4 Å². The van der Waals surface area contributed by atoms with Gasteiger partial charge in [-0.05, 0) is 65.9 Å². The fraction of sp³-hybridized carbons (Fsp3) is 0.367. The first-order chi connectivity index (χ1) is 18.5. The monoisotopic (exact) mass is 554 g/mol. The number of fused-ring (bicyclic) bond motifs is 1. The van der Waals surface area contributed by atoms with Gasteiger partial charge in [0, 0.05) is 37.9 Å². The minimum atomic E-state index is -0.927. The molecule has 3 aromatic rings. The van der Waals surface area contributed by atoms with Gasteiger partial charge in [-0.25, -0.2) is 4.79 Å². The summed E-state index contributed by atoms with van der Waals surface area (Å²) in [5, 5.41) is 22.8. The van der Waals surface area contributed by atoms with Crippen molar-refractivity contribution in [2.24, 2.45) is 0 Å². The Morgan fingerprint density at radius 1 is 1.05 bits per heavy atom. The van der Waals surface area contributed by atoms with Crippen LogP contribution >= 0.6 is 12.4 Å². The normalized spacial score (nSPS) is 17.4. The van der Waals surface area contributed by atoms with Crippen molar-refractivity contribution in [3.8, 4) is 22.6 Å². The number of rotatable bonds is 10. The number of anilines is 1. The van der Waals surface area contributed by atoms with E-state index in [1.165, 1.54) is 0 Å². The Bertz CT molecular complexity index is 1230. The molecular weight excluding hydrogens is 520 g/mol. The van der Waals surface area contributed by atoms with Gasteiger partial charge < -0.3 is 34.6 Å². The summed E-state index contributed by atoms with van der Waals surface area (Å²) in [5.74, 6) is 0.694. The van der Waals surface area contributed by atoms with Crippen molar-refractivity contribution in [2.75, 3.05) is 50.9 Å². The number of hydrogen-bond donors (Lipinski definition) is 3. The second-order valence-electron chi connectivity index (χ2n) is 9.70. The maximum Gasteiger partial charge on any atom is 0.335 e. The van der Waals surface area contributed by atoms with E-state index in [-0.39, 0.29) is 30.7 Å². The molecular formula is C30H35ClN2O6. The van der Waals surface area contributed by atoms with E-state index in [9.17, 15) is 9.90 Å². The van der Waals surface area contributed by atoms with Crippen molar-refractivity contribution in [3.63, 3.8) is 0 Å². The molecule has 0 saturated carbocycles. The zero-order valence-electron chi connectivity index (χ0n) is 21.8. The van der Waals surface area contributed by atoms with Crippen molar-refractivity contribution >= 4 is 24.1 Å². The molecule has 0 aromatic heterocycles. The van der Waals surface area contributed by atoms with E-state index >= 15 is 0 Å². The smallest absolute Gasteiger partial charge is 0.335 e. The van der Waals surface area contributed by atoms with Crippen LogP contribution in [0.5, 0.6) is 11.5 Å². The van der Waals surface area contributed by atoms with Gasteiger partial charge in [0.15, 0.2) is 0 Å². The number of aromatic carboxylic acids is 1. The van der Waals surface area contributed by atoms with Crippen LogP contribution in [0, 0.1) is 0 Å². The van der Waals surface area contributed by atoms with Crippen LogP contribution in [-0.4, -0.2) is 74.4 Å². The molecule has 1 fully saturated rings. The highest BCUT2D eigenvalue weighted by Crippen LogP contribution is 2.32. The molecule has 2 atom stereocenters. The number of nitrogens with one attached hydrogen (secondary N) is 1. The molecule has 0 spiro atoms. The molecule has 208 valence electrons. The minimum absolute atomic E-state index is 0. The van der Waals surface area contributed by atoms with Crippen LogP contribution in [0.15, 0.2) is 66.7 Å². The third-order valence-electron chi connectivity index (χ3n) is 6.94. The van der Waals surface area contributed by atoms with Gasteiger partial charge in [-0.1, -0.05) is 24.3 Å². The van der Waals surface area contributed by atoms with Crippen LogP contribution in [-0.2, 0) is 11.2 Å². The molecule has 3 aromatic carbocycles. The molecule has 39 heavy (non-hydrogen) atoms. The highest BCUT2D eigenvalue weighted by molar-refractivity contribution is 5.88. The molecule has 8 nitrogen and oxygen atoms in total. The van der Waals surface area contributed by atoms with Crippen LogP contribution < -0.4 is 19.7 Å². The zero-order valence-corrected chi connectivity index (χ0v) is 22.6. The molecule has 5 rings (SSSR count). The lowest BCUT2D eigenvalue weighted by atomic mass is 9.96. The predicted octanol–water partition coefficient (Wildman–Crippen LogP) is 4.03. The summed E-state index contributed by atoms with van der Waals surface area (Å²) < 4.78 is 17.5. The first kappa shape index (κ1) is 28.7. The molecule has 0 radical (unpaired) electrons. The SMILES string of the molecule is Cl.O=C(O)c1ccc(-c2ccc3c(c2)CC[C@H](CNC[C@H](O)COc2cccc(N4CCOCC4)c2)O3)cc1. The summed E-state index contributed by atoms with van der Waals surface area (Å²) in [6, 6.07) is 21.0. The van der Waals surface area contributed by atoms with E-state index in [0.29, 0.717) is 13.1 Å².